The molecule has 1 aromatic rings. The van der Waals surface area contributed by atoms with Crippen LogP contribution < -0.4 is 11.3 Å². The number of rotatable bonds is 3. The molecule has 7 heteroatoms. The number of aryl methyl sites for hydroxylation is 1. The molecule has 2 rings (SSSR count). The Morgan fingerprint density at radius 3 is 3.25 bits per heavy atom. The summed E-state index contributed by atoms with van der Waals surface area (Å²) in [6.07, 6.45) is 3.30. The third-order valence-corrected chi connectivity index (χ3v) is 3.56. The van der Waals surface area contributed by atoms with E-state index < -0.39 is 5.97 Å². The molecule has 0 amide bonds. The molecular formula is C9H12N4O2S. The van der Waals surface area contributed by atoms with Gasteiger partial charge in [-0.3, -0.25) is 4.79 Å². The minimum atomic E-state index is -0.729. The van der Waals surface area contributed by atoms with Crippen LogP contribution in [0.3, 0.4) is 0 Å². The first-order valence-corrected chi connectivity index (χ1v) is 5.72. The fourth-order valence-corrected chi connectivity index (χ4v) is 2.75. The molecule has 0 radical (unpaired) electrons. The molecule has 1 heterocycles. The number of nitrogens with zero attached hydrogens (tertiary/aromatic N) is 2. The molecule has 0 aliphatic heterocycles. The summed E-state index contributed by atoms with van der Waals surface area (Å²) >= 11 is 1.43. The van der Waals surface area contributed by atoms with Crippen LogP contribution in [0.15, 0.2) is 4.99 Å². The van der Waals surface area contributed by atoms with Crippen molar-refractivity contribution in [2.75, 3.05) is 0 Å². The number of aromatic nitrogens is 1. The van der Waals surface area contributed by atoms with Gasteiger partial charge in [-0.25, -0.2) is 15.8 Å². The Morgan fingerprint density at radius 1 is 1.75 bits per heavy atom. The Balaban J connectivity index is 2.16. The van der Waals surface area contributed by atoms with Crippen LogP contribution in [0.2, 0.25) is 0 Å². The molecule has 0 bridgehead atoms. The van der Waals surface area contributed by atoms with Crippen LogP contribution in [0.5, 0.6) is 0 Å². The van der Waals surface area contributed by atoms with E-state index in [0.717, 1.165) is 10.6 Å². The van der Waals surface area contributed by atoms with Gasteiger partial charge in [-0.2, -0.15) is 0 Å². The van der Waals surface area contributed by atoms with Crippen molar-refractivity contribution in [3.05, 3.63) is 10.6 Å². The van der Waals surface area contributed by atoms with E-state index in [4.69, 9.17) is 10.9 Å². The number of carboxylic acid groups (broad SMARTS) is 1. The van der Waals surface area contributed by atoms with Crippen molar-refractivity contribution in [3.8, 4) is 0 Å². The van der Waals surface area contributed by atoms with E-state index in [0.29, 0.717) is 24.4 Å². The quantitative estimate of drug-likeness (QED) is 0.308. The summed E-state index contributed by atoms with van der Waals surface area (Å²) in [6, 6.07) is 0. The summed E-state index contributed by atoms with van der Waals surface area (Å²) in [4.78, 5) is 20.2. The summed E-state index contributed by atoms with van der Waals surface area (Å²) in [7, 11) is 0. The summed E-state index contributed by atoms with van der Waals surface area (Å²) in [5, 5.41) is 9.56. The Hall–Kier alpha value is -1.47. The number of carboxylic acids is 1. The second-order valence-corrected chi connectivity index (χ2v) is 4.63. The van der Waals surface area contributed by atoms with Gasteiger partial charge in [-0.15, -0.1) is 0 Å². The first-order chi connectivity index (χ1) is 7.70. The lowest BCUT2D eigenvalue weighted by molar-refractivity contribution is -0.142. The first kappa shape index (κ1) is 11.0. The van der Waals surface area contributed by atoms with Gasteiger partial charge in [0.05, 0.1) is 11.6 Å². The fraction of sp³-hybridized carbons (Fsp3) is 0.444. The fourth-order valence-electron chi connectivity index (χ4n) is 1.72. The van der Waals surface area contributed by atoms with E-state index in [1.165, 1.54) is 17.7 Å². The second-order valence-electron chi connectivity index (χ2n) is 3.57. The number of nitrogens with one attached hydrogen (secondary N) is 1. The highest BCUT2D eigenvalue weighted by Crippen LogP contribution is 2.33. The zero-order chi connectivity index (χ0) is 11.5. The standard InChI is InChI=1S/C9H12N4O2S/c10-12-4-11-9-13-6-2-1-5(8(14)15)3-7(6)16-9/h4-5H,1-3,10H2,(H,14,15)(H,11,12,13). The van der Waals surface area contributed by atoms with Crippen LogP contribution in [0, 0.1) is 5.92 Å². The maximum Gasteiger partial charge on any atom is 0.306 e. The number of carbonyl (C=O) groups is 1. The second kappa shape index (κ2) is 4.58. The number of thiazole rings is 1. The normalized spacial score (nSPS) is 19.7. The minimum absolute atomic E-state index is 0.280. The number of nitrogens with two attached hydrogens (primary N) is 1. The van der Waals surface area contributed by atoms with Crippen LogP contribution in [0.1, 0.15) is 17.0 Å². The molecule has 0 saturated heterocycles. The molecule has 0 aromatic carbocycles. The lowest BCUT2D eigenvalue weighted by Crippen LogP contribution is -2.21. The highest BCUT2D eigenvalue weighted by molar-refractivity contribution is 7.15. The van der Waals surface area contributed by atoms with Gasteiger partial charge in [-0.1, -0.05) is 11.3 Å². The van der Waals surface area contributed by atoms with Crippen LogP contribution in [-0.4, -0.2) is 22.4 Å². The Bertz CT molecular complexity index is 429. The van der Waals surface area contributed by atoms with Gasteiger partial charge in [0.2, 0.25) is 5.13 Å². The van der Waals surface area contributed by atoms with E-state index in [9.17, 15) is 4.79 Å². The Morgan fingerprint density at radius 2 is 2.56 bits per heavy atom. The predicted octanol–water partition coefficient (Wildman–Crippen LogP) is 0.456. The third kappa shape index (κ3) is 2.20. The summed E-state index contributed by atoms with van der Waals surface area (Å²) in [5.41, 5.74) is 3.28. The number of fused-ring (bicyclic) bond motifs is 1. The Labute approximate surface area is 96.2 Å². The van der Waals surface area contributed by atoms with Gasteiger partial charge in [0.25, 0.3) is 0 Å². The smallest absolute Gasteiger partial charge is 0.306 e. The molecule has 1 aliphatic carbocycles. The van der Waals surface area contributed by atoms with Gasteiger partial charge in [0, 0.05) is 4.88 Å². The number of hydrogen-bond acceptors (Lipinski definition) is 5. The van der Waals surface area contributed by atoms with E-state index >= 15 is 0 Å². The average molecular weight is 240 g/mol. The molecule has 16 heavy (non-hydrogen) atoms. The first-order valence-electron chi connectivity index (χ1n) is 4.90. The largest absolute Gasteiger partial charge is 0.481 e. The van der Waals surface area contributed by atoms with E-state index in [1.54, 1.807) is 0 Å². The summed E-state index contributed by atoms with van der Waals surface area (Å²) in [6.45, 7) is 0. The number of aliphatic imine (C=N–C) groups is 1. The van der Waals surface area contributed by atoms with Crippen LogP contribution >= 0.6 is 11.3 Å². The van der Waals surface area contributed by atoms with Gasteiger partial charge in [0.15, 0.2) is 0 Å². The SMILES string of the molecule is NNC=Nc1nc2c(s1)CC(C(=O)O)CC2. The third-order valence-electron chi connectivity index (χ3n) is 2.53. The topological polar surface area (TPSA) is 101 Å². The van der Waals surface area contributed by atoms with Crippen molar-refractivity contribution in [2.24, 2.45) is 16.8 Å². The van der Waals surface area contributed by atoms with Gasteiger partial charge >= 0.3 is 5.97 Å². The zero-order valence-electron chi connectivity index (χ0n) is 8.51. The van der Waals surface area contributed by atoms with Gasteiger partial charge < -0.3 is 10.5 Å². The van der Waals surface area contributed by atoms with Crippen LogP contribution in [0.25, 0.3) is 0 Å². The van der Waals surface area contributed by atoms with E-state index in [-0.39, 0.29) is 5.92 Å². The summed E-state index contributed by atoms with van der Waals surface area (Å²) < 4.78 is 0. The predicted molar refractivity (Wildman–Crippen MR) is 60.7 cm³/mol. The molecule has 0 spiro atoms. The van der Waals surface area contributed by atoms with Crippen molar-refractivity contribution in [3.63, 3.8) is 0 Å². The highest BCUT2D eigenvalue weighted by atomic mass is 32.1. The van der Waals surface area contributed by atoms with Crippen molar-refractivity contribution < 1.29 is 9.90 Å². The minimum Gasteiger partial charge on any atom is -0.481 e. The number of aliphatic carboxylic acids is 1. The molecular weight excluding hydrogens is 228 g/mol. The monoisotopic (exact) mass is 240 g/mol. The lowest BCUT2D eigenvalue weighted by Gasteiger charge is -2.16. The van der Waals surface area contributed by atoms with Crippen molar-refractivity contribution in [1.29, 1.82) is 0 Å². The van der Waals surface area contributed by atoms with Gasteiger partial charge in [-0.05, 0) is 19.3 Å². The molecule has 1 aromatic heterocycles. The maximum atomic E-state index is 10.9. The molecule has 6 nitrogen and oxygen atoms in total. The average Bonchev–Trinajstić information content (AvgIpc) is 2.67. The van der Waals surface area contributed by atoms with Crippen LogP contribution in [0.4, 0.5) is 5.13 Å². The molecule has 86 valence electrons. The number of hydrazine groups is 1. The Kier molecular flexibility index (Phi) is 3.16. The molecule has 0 saturated carbocycles. The van der Waals surface area contributed by atoms with Crippen molar-refractivity contribution in [2.45, 2.75) is 19.3 Å². The molecule has 1 unspecified atom stereocenters. The van der Waals surface area contributed by atoms with Gasteiger partial charge in [0.1, 0.15) is 6.34 Å². The van der Waals surface area contributed by atoms with E-state index in [2.05, 4.69) is 15.4 Å². The zero-order valence-corrected chi connectivity index (χ0v) is 9.33. The molecule has 0 fully saturated rings. The highest BCUT2D eigenvalue weighted by Gasteiger charge is 2.26. The van der Waals surface area contributed by atoms with Crippen molar-refractivity contribution >= 4 is 28.8 Å². The molecule has 4 N–H and O–H groups in total. The van der Waals surface area contributed by atoms with Crippen molar-refractivity contribution in [1.82, 2.24) is 10.4 Å². The molecule has 1 aliphatic rings. The van der Waals surface area contributed by atoms with E-state index in [1.807, 2.05) is 0 Å². The maximum absolute atomic E-state index is 10.9. The summed E-state index contributed by atoms with van der Waals surface area (Å²) in [5.74, 6) is 4.05. The lowest BCUT2D eigenvalue weighted by atomic mass is 9.91. The van der Waals surface area contributed by atoms with Crippen LogP contribution in [-0.2, 0) is 17.6 Å². The number of hydrogen-bond donors (Lipinski definition) is 3. The molecule has 1 atom stereocenters.